The minimum Gasteiger partial charge on any atom is -0.464 e. The van der Waals surface area contributed by atoms with Crippen LogP contribution in [0.3, 0.4) is 0 Å². The Morgan fingerprint density at radius 2 is 2.39 bits per heavy atom. The normalized spacial score (nSPS) is 10.7. The van der Waals surface area contributed by atoms with Crippen LogP contribution in [0, 0.1) is 10.1 Å². The van der Waals surface area contributed by atoms with Gasteiger partial charge in [0.05, 0.1) is 17.7 Å². The van der Waals surface area contributed by atoms with E-state index in [0.717, 1.165) is 0 Å². The zero-order valence-electron chi connectivity index (χ0n) is 11.9. The van der Waals surface area contributed by atoms with Crippen molar-refractivity contribution in [3.8, 4) is 5.95 Å². The van der Waals surface area contributed by atoms with Crippen molar-refractivity contribution < 1.29 is 18.9 Å². The molecule has 23 heavy (non-hydrogen) atoms. The van der Waals surface area contributed by atoms with E-state index in [2.05, 4.69) is 15.5 Å². The van der Waals surface area contributed by atoms with Crippen LogP contribution in [0.4, 0.5) is 5.69 Å². The molecule has 1 N–H and O–H groups in total. The van der Waals surface area contributed by atoms with Gasteiger partial charge in [0.2, 0.25) is 0 Å². The predicted octanol–water partition coefficient (Wildman–Crippen LogP) is 2.40. The fourth-order valence-electron chi connectivity index (χ4n) is 1.53. The molecule has 0 radical (unpaired) electrons. The lowest BCUT2D eigenvalue weighted by molar-refractivity contribution is -0.384. The second kappa shape index (κ2) is 7.36. The largest absolute Gasteiger partial charge is 0.464 e. The highest BCUT2D eigenvalue weighted by Gasteiger charge is 2.13. The standard InChI is InChI=1S/C13H11ClN4O5/c1-2-22-11-7-15-13(23-11)12(19)17-16-6-8-5-9(18(20)21)3-4-10(8)14/h3-7H,2H2,1H3,(H,17,19)/b16-6-. The number of hydrogen-bond donors (Lipinski definition) is 1. The number of hydrogen-bond acceptors (Lipinski definition) is 7. The Morgan fingerprint density at radius 1 is 1.61 bits per heavy atom. The van der Waals surface area contributed by atoms with Gasteiger partial charge >= 0.3 is 11.9 Å². The maximum Gasteiger partial charge on any atom is 0.327 e. The van der Waals surface area contributed by atoms with Crippen molar-refractivity contribution in [2.45, 2.75) is 6.92 Å². The molecule has 0 atom stereocenters. The summed E-state index contributed by atoms with van der Waals surface area (Å²) in [5.41, 5.74) is 2.31. The summed E-state index contributed by atoms with van der Waals surface area (Å²) in [5, 5.41) is 14.6. The van der Waals surface area contributed by atoms with Crippen LogP contribution in [0.15, 0.2) is 33.9 Å². The second-order valence-electron chi connectivity index (χ2n) is 4.08. The average Bonchev–Trinajstić information content (AvgIpc) is 2.98. The molecule has 9 nitrogen and oxygen atoms in total. The van der Waals surface area contributed by atoms with Gasteiger partial charge in [-0.05, 0) is 13.0 Å². The Kier molecular flexibility index (Phi) is 5.26. The third-order valence-corrected chi connectivity index (χ3v) is 2.87. The number of halogens is 1. The topological polar surface area (TPSA) is 120 Å². The van der Waals surface area contributed by atoms with E-state index in [1.807, 2.05) is 0 Å². The van der Waals surface area contributed by atoms with Crippen LogP contribution in [-0.2, 0) is 0 Å². The van der Waals surface area contributed by atoms with Crippen LogP contribution >= 0.6 is 11.6 Å². The Labute approximate surface area is 135 Å². The molecule has 1 aromatic heterocycles. The molecule has 2 aromatic rings. The van der Waals surface area contributed by atoms with Crippen molar-refractivity contribution in [1.29, 1.82) is 0 Å². The van der Waals surface area contributed by atoms with E-state index in [1.54, 1.807) is 6.92 Å². The monoisotopic (exact) mass is 338 g/mol. The number of nitrogens with zero attached hydrogens (tertiary/aromatic N) is 3. The molecule has 0 fully saturated rings. The third kappa shape index (κ3) is 4.27. The lowest BCUT2D eigenvalue weighted by atomic mass is 10.2. The molecular weight excluding hydrogens is 328 g/mol. The van der Waals surface area contributed by atoms with Gasteiger partial charge in [0.15, 0.2) is 0 Å². The number of rotatable bonds is 6. The van der Waals surface area contributed by atoms with Gasteiger partial charge < -0.3 is 9.15 Å². The number of amides is 1. The van der Waals surface area contributed by atoms with Crippen molar-refractivity contribution in [1.82, 2.24) is 10.4 Å². The smallest absolute Gasteiger partial charge is 0.327 e. The first-order chi connectivity index (χ1) is 11.0. The minimum atomic E-state index is -0.700. The highest BCUT2D eigenvalue weighted by Crippen LogP contribution is 2.20. The first-order valence-electron chi connectivity index (χ1n) is 6.37. The zero-order valence-corrected chi connectivity index (χ0v) is 12.6. The van der Waals surface area contributed by atoms with Crippen molar-refractivity contribution in [3.63, 3.8) is 0 Å². The SMILES string of the molecule is CCOc1cnc(C(=O)N/N=C\c2cc([N+](=O)[O-])ccc2Cl)o1. The molecule has 0 bridgehead atoms. The van der Waals surface area contributed by atoms with Crippen molar-refractivity contribution >= 4 is 29.4 Å². The Hall–Kier alpha value is -2.94. The first-order valence-corrected chi connectivity index (χ1v) is 6.75. The Bertz CT molecular complexity index is 759. The van der Waals surface area contributed by atoms with Gasteiger partial charge in [-0.25, -0.2) is 10.4 Å². The molecule has 1 aromatic carbocycles. The van der Waals surface area contributed by atoms with Gasteiger partial charge in [-0.1, -0.05) is 11.6 Å². The summed E-state index contributed by atoms with van der Waals surface area (Å²) in [7, 11) is 0. The number of non-ortho nitro benzene ring substituents is 1. The summed E-state index contributed by atoms with van der Waals surface area (Å²) >= 11 is 5.90. The molecule has 1 heterocycles. The van der Waals surface area contributed by atoms with Gasteiger partial charge in [-0.3, -0.25) is 14.9 Å². The van der Waals surface area contributed by atoms with Gasteiger partial charge in [-0.2, -0.15) is 5.10 Å². The molecule has 2 rings (SSSR count). The fraction of sp³-hybridized carbons (Fsp3) is 0.154. The first kappa shape index (κ1) is 16.4. The highest BCUT2D eigenvalue weighted by atomic mass is 35.5. The van der Waals surface area contributed by atoms with E-state index in [0.29, 0.717) is 6.61 Å². The van der Waals surface area contributed by atoms with Crippen LogP contribution in [-0.4, -0.2) is 28.6 Å². The van der Waals surface area contributed by atoms with Crippen LogP contribution < -0.4 is 10.2 Å². The number of nitro benzene ring substituents is 1. The van der Waals surface area contributed by atoms with Crippen LogP contribution in [0.5, 0.6) is 5.95 Å². The molecule has 1 amide bonds. The van der Waals surface area contributed by atoms with E-state index in [4.69, 9.17) is 20.8 Å². The number of carbonyl (C=O) groups is 1. The lowest BCUT2D eigenvalue weighted by Crippen LogP contribution is -2.17. The summed E-state index contributed by atoms with van der Waals surface area (Å²) in [6.45, 7) is 2.13. The van der Waals surface area contributed by atoms with Crippen molar-refractivity contribution in [2.24, 2.45) is 5.10 Å². The summed E-state index contributed by atoms with van der Waals surface area (Å²) in [4.78, 5) is 25.6. The highest BCUT2D eigenvalue weighted by molar-refractivity contribution is 6.33. The van der Waals surface area contributed by atoms with Gasteiger partial charge in [0.25, 0.3) is 11.6 Å². The van der Waals surface area contributed by atoms with E-state index >= 15 is 0 Å². The Balaban J connectivity index is 2.04. The molecular formula is C13H11ClN4O5. The lowest BCUT2D eigenvalue weighted by Gasteiger charge is -1.98. The number of nitrogens with one attached hydrogen (secondary N) is 1. The van der Waals surface area contributed by atoms with Crippen LogP contribution in [0.25, 0.3) is 0 Å². The minimum absolute atomic E-state index is 0.114. The second-order valence-corrected chi connectivity index (χ2v) is 4.49. The fourth-order valence-corrected chi connectivity index (χ4v) is 1.69. The maximum absolute atomic E-state index is 11.7. The molecule has 10 heteroatoms. The van der Waals surface area contributed by atoms with Gasteiger partial charge in [0, 0.05) is 22.7 Å². The molecule has 0 aliphatic carbocycles. The molecule has 0 aliphatic rings. The van der Waals surface area contributed by atoms with E-state index in [-0.39, 0.29) is 28.1 Å². The van der Waals surface area contributed by atoms with Gasteiger partial charge in [0.1, 0.15) is 6.20 Å². The van der Waals surface area contributed by atoms with Crippen LogP contribution in [0.1, 0.15) is 23.2 Å². The predicted molar refractivity (Wildman–Crippen MR) is 80.8 cm³/mol. The summed E-state index contributed by atoms with van der Waals surface area (Å²) in [6, 6.07) is 3.86. The van der Waals surface area contributed by atoms with Gasteiger partial charge in [-0.15, -0.1) is 0 Å². The van der Waals surface area contributed by atoms with Crippen LogP contribution in [0.2, 0.25) is 5.02 Å². The number of hydrazone groups is 1. The summed E-state index contributed by atoms with van der Waals surface area (Å²) in [5.74, 6) is -0.812. The van der Waals surface area contributed by atoms with Crippen molar-refractivity contribution in [2.75, 3.05) is 6.61 Å². The molecule has 120 valence electrons. The quantitative estimate of drug-likeness (QED) is 0.490. The Morgan fingerprint density at radius 3 is 3.09 bits per heavy atom. The number of oxazole rings is 1. The number of benzene rings is 1. The summed E-state index contributed by atoms with van der Waals surface area (Å²) in [6.07, 6.45) is 2.44. The molecule has 0 aliphatic heterocycles. The maximum atomic E-state index is 11.7. The zero-order chi connectivity index (χ0) is 16.8. The molecule has 0 saturated carbocycles. The third-order valence-electron chi connectivity index (χ3n) is 2.53. The van der Waals surface area contributed by atoms with E-state index in [9.17, 15) is 14.9 Å². The van der Waals surface area contributed by atoms with E-state index in [1.165, 1.54) is 30.6 Å². The van der Waals surface area contributed by atoms with Crippen molar-refractivity contribution in [3.05, 3.63) is 51.0 Å². The van der Waals surface area contributed by atoms with E-state index < -0.39 is 10.8 Å². The average molecular weight is 339 g/mol. The number of aromatic nitrogens is 1. The molecule has 0 unspecified atom stereocenters. The molecule has 0 saturated heterocycles. The summed E-state index contributed by atoms with van der Waals surface area (Å²) < 4.78 is 10.1. The number of carbonyl (C=O) groups excluding carboxylic acids is 1. The number of ether oxygens (including phenoxy) is 1. The molecule has 0 spiro atoms. The number of nitro groups is 1.